The average Bonchev–Trinajstić information content (AvgIpc) is 3.22. The highest BCUT2D eigenvalue weighted by Crippen LogP contribution is 2.37. The number of nitrogens with one attached hydrogen (secondary N) is 1. The first kappa shape index (κ1) is 21.6. The molecule has 1 fully saturated rings. The molecular weight excluding hydrogens is 414 g/mol. The number of piperazine rings is 1. The number of phenols is 1. The van der Waals surface area contributed by atoms with E-state index in [0.29, 0.717) is 54.5 Å². The molecule has 2 aliphatic rings. The number of fused-ring (bicyclic) bond motifs is 1. The summed E-state index contributed by atoms with van der Waals surface area (Å²) in [4.78, 5) is 40.8. The number of phenolic OH excluding ortho intramolecular Hbond substituents is 1. The second-order valence-electron chi connectivity index (χ2n) is 7.82. The van der Waals surface area contributed by atoms with Crippen LogP contribution in [0.25, 0.3) is 0 Å². The molecule has 0 saturated carbocycles. The summed E-state index contributed by atoms with van der Waals surface area (Å²) in [6.45, 7) is 3.77. The Kier molecular flexibility index (Phi) is 6.27. The van der Waals surface area contributed by atoms with Gasteiger partial charge in [0.25, 0.3) is 0 Å². The Morgan fingerprint density at radius 1 is 1.03 bits per heavy atom. The molecule has 2 amide bonds. The molecule has 9 heteroatoms. The van der Waals surface area contributed by atoms with Crippen molar-refractivity contribution in [3.05, 3.63) is 47.5 Å². The number of carbonyl (C=O) groups is 3. The van der Waals surface area contributed by atoms with Gasteiger partial charge in [0.2, 0.25) is 18.6 Å². The van der Waals surface area contributed by atoms with Gasteiger partial charge in [0.15, 0.2) is 17.3 Å². The number of aromatic hydroxyl groups is 1. The van der Waals surface area contributed by atoms with Crippen molar-refractivity contribution >= 4 is 23.3 Å². The Hall–Kier alpha value is -3.59. The van der Waals surface area contributed by atoms with Gasteiger partial charge in [0.1, 0.15) is 5.75 Å². The van der Waals surface area contributed by atoms with Gasteiger partial charge in [-0.1, -0.05) is 18.2 Å². The van der Waals surface area contributed by atoms with Crippen LogP contribution in [0, 0.1) is 0 Å². The first-order chi connectivity index (χ1) is 15.4. The summed E-state index contributed by atoms with van der Waals surface area (Å²) in [5.41, 5.74) is 1.36. The zero-order valence-corrected chi connectivity index (χ0v) is 17.8. The van der Waals surface area contributed by atoms with Crippen molar-refractivity contribution in [2.45, 2.75) is 13.3 Å². The highest BCUT2D eigenvalue weighted by Gasteiger charge is 2.24. The molecule has 32 heavy (non-hydrogen) atoms. The smallest absolute Gasteiger partial charge is 0.238 e. The minimum atomic E-state index is -0.250. The SMILES string of the molecule is CC(=O)c1cc2c(cc1NC(=O)CN1CCN(C(=O)Cc3ccccc3O)CC1)OCO2. The third-order valence-corrected chi connectivity index (χ3v) is 5.59. The minimum absolute atomic E-state index is 0.0536. The van der Waals surface area contributed by atoms with Gasteiger partial charge in [-0.2, -0.15) is 0 Å². The maximum Gasteiger partial charge on any atom is 0.238 e. The highest BCUT2D eigenvalue weighted by atomic mass is 16.7. The van der Waals surface area contributed by atoms with Crippen molar-refractivity contribution in [1.82, 2.24) is 9.80 Å². The van der Waals surface area contributed by atoms with E-state index < -0.39 is 0 Å². The van der Waals surface area contributed by atoms with E-state index in [1.807, 2.05) is 4.90 Å². The fourth-order valence-corrected chi connectivity index (χ4v) is 3.82. The normalized spacial score (nSPS) is 15.5. The van der Waals surface area contributed by atoms with Gasteiger partial charge in [-0.15, -0.1) is 0 Å². The van der Waals surface area contributed by atoms with Crippen LogP contribution in [0.4, 0.5) is 5.69 Å². The number of hydrogen-bond acceptors (Lipinski definition) is 7. The van der Waals surface area contributed by atoms with E-state index in [-0.39, 0.29) is 43.1 Å². The predicted octanol–water partition coefficient (Wildman–Crippen LogP) is 1.65. The van der Waals surface area contributed by atoms with Gasteiger partial charge in [0.05, 0.1) is 18.7 Å². The Morgan fingerprint density at radius 2 is 1.72 bits per heavy atom. The van der Waals surface area contributed by atoms with Crippen molar-refractivity contribution in [3.63, 3.8) is 0 Å². The molecule has 0 aromatic heterocycles. The number of para-hydroxylation sites is 1. The molecule has 0 bridgehead atoms. The quantitative estimate of drug-likeness (QED) is 0.659. The minimum Gasteiger partial charge on any atom is -0.508 e. The summed E-state index contributed by atoms with van der Waals surface area (Å²) >= 11 is 0. The fourth-order valence-electron chi connectivity index (χ4n) is 3.82. The van der Waals surface area contributed by atoms with Crippen LogP contribution in [0.1, 0.15) is 22.8 Å². The van der Waals surface area contributed by atoms with Crippen molar-refractivity contribution in [2.24, 2.45) is 0 Å². The van der Waals surface area contributed by atoms with Crippen LogP contribution >= 0.6 is 0 Å². The Labute approximate surface area is 185 Å². The van der Waals surface area contributed by atoms with E-state index in [9.17, 15) is 19.5 Å². The van der Waals surface area contributed by atoms with E-state index in [0.717, 1.165) is 0 Å². The molecule has 2 aliphatic heterocycles. The van der Waals surface area contributed by atoms with Gasteiger partial charge in [-0.25, -0.2) is 0 Å². The van der Waals surface area contributed by atoms with Crippen molar-refractivity contribution in [3.8, 4) is 17.2 Å². The lowest BCUT2D eigenvalue weighted by Crippen LogP contribution is -2.50. The Balaban J connectivity index is 1.30. The first-order valence-corrected chi connectivity index (χ1v) is 10.4. The molecule has 9 nitrogen and oxygen atoms in total. The molecule has 2 aromatic rings. The first-order valence-electron chi connectivity index (χ1n) is 10.4. The van der Waals surface area contributed by atoms with Crippen molar-refractivity contribution in [2.75, 3.05) is 44.8 Å². The van der Waals surface area contributed by atoms with Crippen molar-refractivity contribution in [1.29, 1.82) is 0 Å². The number of Topliss-reactive ketones (excluding diaryl/α,β-unsaturated/α-hetero) is 1. The molecule has 2 aromatic carbocycles. The summed E-state index contributed by atoms with van der Waals surface area (Å²) in [5.74, 6) is 0.599. The number of ether oxygens (including phenoxy) is 2. The molecular formula is C23H25N3O6. The Bertz CT molecular complexity index is 1050. The maximum absolute atomic E-state index is 12.6. The summed E-state index contributed by atoms with van der Waals surface area (Å²) in [6.07, 6.45) is 0.144. The summed E-state index contributed by atoms with van der Waals surface area (Å²) in [7, 11) is 0. The number of ketones is 1. The molecule has 4 rings (SSSR count). The number of benzene rings is 2. The Morgan fingerprint density at radius 3 is 2.41 bits per heavy atom. The van der Waals surface area contributed by atoms with E-state index in [1.54, 1.807) is 41.3 Å². The summed E-state index contributed by atoms with van der Waals surface area (Å²) in [6, 6.07) is 9.99. The molecule has 0 atom stereocenters. The van der Waals surface area contributed by atoms with Gasteiger partial charge in [-0.3, -0.25) is 19.3 Å². The van der Waals surface area contributed by atoms with E-state index in [1.165, 1.54) is 6.92 Å². The molecule has 168 valence electrons. The fraction of sp³-hybridized carbons (Fsp3) is 0.348. The number of carbonyl (C=O) groups excluding carboxylic acids is 3. The van der Waals surface area contributed by atoms with Crippen LogP contribution in [0.5, 0.6) is 17.2 Å². The molecule has 2 heterocycles. The van der Waals surface area contributed by atoms with Crippen LogP contribution in [0.2, 0.25) is 0 Å². The van der Waals surface area contributed by atoms with Crippen LogP contribution < -0.4 is 14.8 Å². The maximum atomic E-state index is 12.6. The lowest BCUT2D eigenvalue weighted by Gasteiger charge is -2.34. The van der Waals surface area contributed by atoms with Crippen LogP contribution in [-0.4, -0.2) is 72.0 Å². The second kappa shape index (κ2) is 9.27. The monoisotopic (exact) mass is 439 g/mol. The highest BCUT2D eigenvalue weighted by molar-refractivity contribution is 6.05. The molecule has 0 radical (unpaired) electrons. The average molecular weight is 439 g/mol. The lowest BCUT2D eigenvalue weighted by molar-refractivity contribution is -0.132. The van der Waals surface area contributed by atoms with Crippen LogP contribution in [-0.2, 0) is 16.0 Å². The summed E-state index contributed by atoms with van der Waals surface area (Å²) in [5, 5.41) is 12.7. The third kappa shape index (κ3) is 4.83. The number of rotatable bonds is 6. The number of hydrogen-bond donors (Lipinski definition) is 2. The molecule has 0 spiro atoms. The van der Waals surface area contributed by atoms with Gasteiger partial charge in [-0.05, 0) is 19.1 Å². The topological polar surface area (TPSA) is 108 Å². The summed E-state index contributed by atoms with van der Waals surface area (Å²) < 4.78 is 10.6. The molecule has 2 N–H and O–H groups in total. The van der Waals surface area contributed by atoms with Gasteiger partial charge >= 0.3 is 0 Å². The molecule has 0 unspecified atom stereocenters. The van der Waals surface area contributed by atoms with Crippen LogP contribution in [0.3, 0.4) is 0 Å². The lowest BCUT2D eigenvalue weighted by atomic mass is 10.1. The molecule has 0 aliphatic carbocycles. The number of anilines is 1. The van der Waals surface area contributed by atoms with E-state index in [4.69, 9.17) is 9.47 Å². The van der Waals surface area contributed by atoms with Crippen molar-refractivity contribution < 1.29 is 29.0 Å². The van der Waals surface area contributed by atoms with Gasteiger partial charge < -0.3 is 24.8 Å². The largest absolute Gasteiger partial charge is 0.508 e. The number of nitrogens with zero attached hydrogens (tertiary/aromatic N) is 2. The predicted molar refractivity (Wildman–Crippen MR) is 116 cm³/mol. The standard InChI is InChI=1S/C23H25N3O6/c1-15(27)17-11-20-21(32-14-31-20)12-18(17)24-22(29)13-25-6-8-26(9-7-25)23(30)10-16-4-2-3-5-19(16)28/h2-5,11-12,28H,6-10,13-14H2,1H3,(H,24,29). The van der Waals surface area contributed by atoms with Gasteiger partial charge in [0, 0.05) is 43.4 Å². The van der Waals surface area contributed by atoms with E-state index >= 15 is 0 Å². The van der Waals surface area contributed by atoms with Crippen LogP contribution in [0.15, 0.2) is 36.4 Å². The zero-order valence-electron chi connectivity index (χ0n) is 17.8. The zero-order chi connectivity index (χ0) is 22.7. The molecule has 1 saturated heterocycles. The second-order valence-corrected chi connectivity index (χ2v) is 7.82. The number of amides is 2. The van der Waals surface area contributed by atoms with E-state index in [2.05, 4.69) is 5.32 Å². The third-order valence-electron chi connectivity index (χ3n) is 5.59.